The highest BCUT2D eigenvalue weighted by Crippen LogP contribution is 2.23. The predicted molar refractivity (Wildman–Crippen MR) is 125 cm³/mol. The second-order valence-electron chi connectivity index (χ2n) is 6.44. The standard InChI is InChI=1S/C23H18BrClN2O5/c1-15-11-19(5-7-20(15)25)31-14-22(28)27-26-13-16-12-17(24)4-8-21(16)32-23(29)9-6-18-3-2-10-30-18/h2-13H,14H2,1H3,(H,27,28)/b9-6+,26-13+. The molecule has 0 saturated heterocycles. The molecular formula is C23H18BrClN2O5. The van der Waals surface area contributed by atoms with Crippen molar-refractivity contribution in [3.8, 4) is 11.5 Å². The fraction of sp³-hybridized carbons (Fsp3) is 0.0870. The summed E-state index contributed by atoms with van der Waals surface area (Å²) in [6.45, 7) is 1.62. The van der Waals surface area contributed by atoms with Gasteiger partial charge in [-0.15, -0.1) is 0 Å². The van der Waals surface area contributed by atoms with Crippen LogP contribution in [0, 0.1) is 6.92 Å². The minimum atomic E-state index is -0.589. The third-order valence-electron chi connectivity index (χ3n) is 4.00. The topological polar surface area (TPSA) is 90.1 Å². The van der Waals surface area contributed by atoms with E-state index in [9.17, 15) is 9.59 Å². The largest absolute Gasteiger partial charge is 0.484 e. The van der Waals surface area contributed by atoms with E-state index in [2.05, 4.69) is 26.5 Å². The van der Waals surface area contributed by atoms with E-state index in [0.717, 1.165) is 10.0 Å². The van der Waals surface area contributed by atoms with Gasteiger partial charge in [-0.3, -0.25) is 4.79 Å². The summed E-state index contributed by atoms with van der Waals surface area (Å²) in [5, 5.41) is 4.53. The lowest BCUT2D eigenvalue weighted by Crippen LogP contribution is -2.24. The van der Waals surface area contributed by atoms with Crippen LogP contribution in [-0.4, -0.2) is 24.7 Å². The Bertz CT molecular complexity index is 1160. The number of carbonyl (C=O) groups is 2. The first-order valence-electron chi connectivity index (χ1n) is 9.34. The second kappa shape index (κ2) is 11.3. The number of furan rings is 1. The van der Waals surface area contributed by atoms with Gasteiger partial charge in [-0.2, -0.15) is 5.10 Å². The molecule has 0 unspecified atom stereocenters. The maximum atomic E-state index is 12.1. The minimum absolute atomic E-state index is 0.226. The van der Waals surface area contributed by atoms with Crippen LogP contribution < -0.4 is 14.9 Å². The molecule has 0 radical (unpaired) electrons. The van der Waals surface area contributed by atoms with Crippen LogP contribution in [0.15, 0.2) is 74.9 Å². The summed E-state index contributed by atoms with van der Waals surface area (Å²) in [6, 6.07) is 13.6. The fourth-order valence-electron chi connectivity index (χ4n) is 2.45. The Hall–Kier alpha value is -3.36. The molecule has 9 heteroatoms. The Balaban J connectivity index is 1.57. The highest BCUT2D eigenvalue weighted by molar-refractivity contribution is 9.10. The molecule has 0 spiro atoms. The van der Waals surface area contributed by atoms with Crippen LogP contribution in [-0.2, 0) is 9.59 Å². The molecule has 1 N–H and O–H groups in total. The Kier molecular flexibility index (Phi) is 8.24. The van der Waals surface area contributed by atoms with Crippen molar-refractivity contribution in [2.24, 2.45) is 5.10 Å². The monoisotopic (exact) mass is 516 g/mol. The summed E-state index contributed by atoms with van der Waals surface area (Å²) in [6.07, 6.45) is 5.62. The number of nitrogens with one attached hydrogen (secondary N) is 1. The first kappa shape index (κ1) is 23.3. The van der Waals surface area contributed by atoms with Gasteiger partial charge in [-0.1, -0.05) is 27.5 Å². The third kappa shape index (κ3) is 7.11. The Labute approximate surface area is 197 Å². The second-order valence-corrected chi connectivity index (χ2v) is 7.77. The van der Waals surface area contributed by atoms with Gasteiger partial charge in [0.25, 0.3) is 5.91 Å². The number of carbonyl (C=O) groups excluding carboxylic acids is 2. The van der Waals surface area contributed by atoms with Gasteiger partial charge in [0.2, 0.25) is 0 Å². The summed E-state index contributed by atoms with van der Waals surface area (Å²) >= 11 is 9.33. The van der Waals surface area contributed by atoms with Gasteiger partial charge in [0.15, 0.2) is 6.61 Å². The number of aryl methyl sites for hydroxylation is 1. The molecule has 0 fully saturated rings. The Morgan fingerprint density at radius 2 is 2.06 bits per heavy atom. The zero-order valence-electron chi connectivity index (χ0n) is 16.9. The van der Waals surface area contributed by atoms with E-state index in [-0.39, 0.29) is 12.4 Å². The van der Waals surface area contributed by atoms with Gasteiger partial charge >= 0.3 is 5.97 Å². The van der Waals surface area contributed by atoms with E-state index < -0.39 is 11.9 Å². The average Bonchev–Trinajstić information content (AvgIpc) is 3.29. The number of ether oxygens (including phenoxy) is 2. The Morgan fingerprint density at radius 1 is 1.22 bits per heavy atom. The molecule has 0 aliphatic rings. The van der Waals surface area contributed by atoms with Gasteiger partial charge in [0.1, 0.15) is 17.3 Å². The van der Waals surface area contributed by atoms with Gasteiger partial charge < -0.3 is 13.9 Å². The van der Waals surface area contributed by atoms with Crippen molar-refractivity contribution in [3.05, 3.63) is 87.3 Å². The molecule has 164 valence electrons. The maximum Gasteiger partial charge on any atom is 0.336 e. The van der Waals surface area contributed by atoms with E-state index >= 15 is 0 Å². The van der Waals surface area contributed by atoms with Crippen LogP contribution in [0.25, 0.3) is 6.08 Å². The molecule has 3 aromatic rings. The highest BCUT2D eigenvalue weighted by Gasteiger charge is 2.08. The van der Waals surface area contributed by atoms with E-state index in [0.29, 0.717) is 22.1 Å². The van der Waals surface area contributed by atoms with Gasteiger partial charge in [-0.05, 0) is 67.1 Å². The van der Waals surface area contributed by atoms with E-state index in [1.165, 1.54) is 24.6 Å². The number of nitrogens with zero attached hydrogens (tertiary/aromatic N) is 1. The molecule has 32 heavy (non-hydrogen) atoms. The van der Waals surface area contributed by atoms with Crippen molar-refractivity contribution in [3.63, 3.8) is 0 Å². The molecule has 1 aromatic heterocycles. The van der Waals surface area contributed by atoms with Crippen LogP contribution in [0.2, 0.25) is 5.02 Å². The number of halogens is 2. The molecule has 0 bridgehead atoms. The summed E-state index contributed by atoms with van der Waals surface area (Å²) in [5.41, 5.74) is 3.69. The van der Waals surface area contributed by atoms with Crippen molar-refractivity contribution >= 4 is 51.7 Å². The van der Waals surface area contributed by atoms with Crippen LogP contribution in [0.4, 0.5) is 0 Å². The number of esters is 1. The quantitative estimate of drug-likeness (QED) is 0.147. The SMILES string of the molecule is Cc1cc(OCC(=O)N/N=C/c2cc(Br)ccc2OC(=O)/C=C/c2ccco2)ccc1Cl. The number of hydrazone groups is 1. The van der Waals surface area contributed by atoms with Crippen molar-refractivity contribution < 1.29 is 23.5 Å². The lowest BCUT2D eigenvalue weighted by molar-refractivity contribution is -0.129. The van der Waals surface area contributed by atoms with E-state index in [1.54, 1.807) is 48.5 Å². The van der Waals surface area contributed by atoms with Crippen LogP contribution in [0.3, 0.4) is 0 Å². The number of rotatable bonds is 8. The van der Waals surface area contributed by atoms with Crippen LogP contribution in [0.1, 0.15) is 16.9 Å². The van der Waals surface area contributed by atoms with E-state index in [4.69, 9.17) is 25.5 Å². The number of amides is 1. The molecule has 1 amide bonds. The third-order valence-corrected chi connectivity index (χ3v) is 4.92. The number of benzene rings is 2. The lowest BCUT2D eigenvalue weighted by Gasteiger charge is -2.07. The minimum Gasteiger partial charge on any atom is -0.484 e. The zero-order chi connectivity index (χ0) is 22.9. The normalized spacial score (nSPS) is 11.1. The molecular weight excluding hydrogens is 500 g/mol. The lowest BCUT2D eigenvalue weighted by atomic mass is 10.2. The van der Waals surface area contributed by atoms with Crippen molar-refractivity contribution in [1.82, 2.24) is 5.43 Å². The van der Waals surface area contributed by atoms with E-state index in [1.807, 2.05) is 6.92 Å². The zero-order valence-corrected chi connectivity index (χ0v) is 19.2. The van der Waals surface area contributed by atoms with Gasteiger partial charge in [-0.25, -0.2) is 10.2 Å². The summed E-state index contributed by atoms with van der Waals surface area (Å²) in [5.74, 6) is 0.277. The van der Waals surface area contributed by atoms with Crippen LogP contribution in [0.5, 0.6) is 11.5 Å². The molecule has 7 nitrogen and oxygen atoms in total. The summed E-state index contributed by atoms with van der Waals surface area (Å²) < 4.78 is 16.7. The number of hydrogen-bond acceptors (Lipinski definition) is 6. The van der Waals surface area contributed by atoms with Crippen molar-refractivity contribution in [2.45, 2.75) is 6.92 Å². The molecule has 0 saturated carbocycles. The predicted octanol–water partition coefficient (Wildman–Crippen LogP) is 5.15. The van der Waals surface area contributed by atoms with Crippen molar-refractivity contribution in [1.29, 1.82) is 0 Å². The first-order chi connectivity index (χ1) is 15.4. The molecule has 3 rings (SSSR count). The summed E-state index contributed by atoms with van der Waals surface area (Å²) in [4.78, 5) is 24.1. The highest BCUT2D eigenvalue weighted by atomic mass is 79.9. The fourth-order valence-corrected chi connectivity index (χ4v) is 2.95. The molecule has 0 atom stereocenters. The van der Waals surface area contributed by atoms with Crippen LogP contribution >= 0.6 is 27.5 Å². The smallest absolute Gasteiger partial charge is 0.336 e. The molecule has 2 aromatic carbocycles. The first-order valence-corrected chi connectivity index (χ1v) is 10.5. The van der Waals surface area contributed by atoms with Gasteiger partial charge in [0.05, 0.1) is 12.5 Å². The number of hydrogen-bond donors (Lipinski definition) is 1. The molecule has 1 heterocycles. The molecule has 0 aliphatic heterocycles. The maximum absolute atomic E-state index is 12.1. The van der Waals surface area contributed by atoms with Gasteiger partial charge in [0, 0.05) is 21.1 Å². The Morgan fingerprint density at radius 3 is 2.81 bits per heavy atom. The molecule has 0 aliphatic carbocycles. The van der Waals surface area contributed by atoms with Crippen molar-refractivity contribution in [2.75, 3.05) is 6.61 Å². The average molecular weight is 518 g/mol. The summed E-state index contributed by atoms with van der Waals surface area (Å²) in [7, 11) is 0.